The zero-order valence-electron chi connectivity index (χ0n) is 24.0. The number of thiophene rings is 1. The maximum Gasteiger partial charge on any atom is 0.326 e. The Kier molecular flexibility index (Phi) is 9.07. The van der Waals surface area contributed by atoms with Crippen molar-refractivity contribution in [1.82, 2.24) is 15.2 Å². The van der Waals surface area contributed by atoms with Crippen LogP contribution in [0.4, 0.5) is 5.69 Å². The predicted octanol–water partition coefficient (Wildman–Crippen LogP) is 5.98. The minimum Gasteiger partial charge on any atom is -0.480 e. The van der Waals surface area contributed by atoms with Gasteiger partial charge in [0.25, 0.3) is 5.91 Å². The van der Waals surface area contributed by atoms with E-state index in [1.807, 2.05) is 29.6 Å². The van der Waals surface area contributed by atoms with Crippen LogP contribution < -0.4 is 10.6 Å². The molecule has 2 bridgehead atoms. The second kappa shape index (κ2) is 13.2. The van der Waals surface area contributed by atoms with E-state index >= 15 is 0 Å². The van der Waals surface area contributed by atoms with Gasteiger partial charge in [0.05, 0.1) is 22.0 Å². The van der Waals surface area contributed by atoms with Crippen LogP contribution in [0.5, 0.6) is 0 Å². The van der Waals surface area contributed by atoms with Gasteiger partial charge in [0.1, 0.15) is 12.1 Å². The van der Waals surface area contributed by atoms with Crippen LogP contribution in [-0.2, 0) is 27.2 Å². The normalized spacial score (nSPS) is 19.7. The summed E-state index contributed by atoms with van der Waals surface area (Å²) in [5.74, 6) is -2.24. The van der Waals surface area contributed by atoms with Gasteiger partial charge in [-0.15, -0.1) is 11.3 Å². The van der Waals surface area contributed by atoms with Gasteiger partial charge in [-0.2, -0.15) is 0 Å². The van der Waals surface area contributed by atoms with Gasteiger partial charge in [-0.3, -0.25) is 19.4 Å². The van der Waals surface area contributed by atoms with Crippen LogP contribution in [0.2, 0.25) is 10.0 Å². The highest BCUT2D eigenvalue weighted by Crippen LogP contribution is 2.40. The number of aliphatic carboxylic acids is 1. The molecule has 2 aromatic heterocycles. The van der Waals surface area contributed by atoms with Crippen molar-refractivity contribution < 1.29 is 24.3 Å². The molecule has 3 N–H and O–H groups in total. The first kappa shape index (κ1) is 31.0. The molecule has 3 amide bonds. The summed E-state index contributed by atoms with van der Waals surface area (Å²) < 4.78 is 1.11. The number of anilines is 1. The largest absolute Gasteiger partial charge is 0.480 e. The summed E-state index contributed by atoms with van der Waals surface area (Å²) in [4.78, 5) is 58.1. The second-order valence-corrected chi connectivity index (χ2v) is 13.2. The third-order valence-corrected chi connectivity index (χ3v) is 10.3. The van der Waals surface area contributed by atoms with Crippen molar-refractivity contribution in [3.05, 3.63) is 93.0 Å². The number of piperidine rings is 2. The molecule has 232 valence electrons. The Morgan fingerprint density at radius 1 is 0.978 bits per heavy atom. The van der Waals surface area contributed by atoms with Crippen LogP contribution >= 0.6 is 34.5 Å². The lowest BCUT2D eigenvalue weighted by atomic mass is 9.74. The first-order valence-corrected chi connectivity index (χ1v) is 16.3. The number of carboxylic acid groups (broad SMARTS) is 1. The number of hydrogen-bond acceptors (Lipinski definition) is 6. The summed E-state index contributed by atoms with van der Waals surface area (Å²) in [7, 11) is 0. The van der Waals surface area contributed by atoms with Gasteiger partial charge in [0.15, 0.2) is 0 Å². The molecule has 3 aliphatic rings. The predicted molar refractivity (Wildman–Crippen MR) is 174 cm³/mol. The number of nitrogens with one attached hydrogen (secondary N) is 2. The number of amides is 3. The number of rotatable bonds is 9. The van der Waals surface area contributed by atoms with E-state index in [4.69, 9.17) is 23.2 Å². The molecule has 2 aromatic carbocycles. The van der Waals surface area contributed by atoms with Gasteiger partial charge >= 0.3 is 5.97 Å². The highest BCUT2D eigenvalue weighted by atomic mass is 35.5. The number of benzene rings is 2. The summed E-state index contributed by atoms with van der Waals surface area (Å²) in [6.45, 7) is 0. The number of fused-ring (bicyclic) bond motifs is 4. The number of carbonyl (C=O) groups is 4. The Hall–Kier alpha value is -3.99. The van der Waals surface area contributed by atoms with Gasteiger partial charge in [0, 0.05) is 35.2 Å². The summed E-state index contributed by atoms with van der Waals surface area (Å²) in [6.07, 6.45) is 6.21. The molecule has 0 spiro atoms. The van der Waals surface area contributed by atoms with E-state index in [1.54, 1.807) is 40.5 Å². The lowest BCUT2D eigenvalue weighted by molar-refractivity contribution is -0.154. The lowest BCUT2D eigenvalue weighted by Crippen LogP contribution is -2.64. The van der Waals surface area contributed by atoms with E-state index in [1.165, 1.54) is 12.4 Å². The Balaban J connectivity index is 1.13. The van der Waals surface area contributed by atoms with Crippen molar-refractivity contribution in [2.75, 3.05) is 5.32 Å². The van der Waals surface area contributed by atoms with Crippen molar-refractivity contribution >= 4 is 74.0 Å². The fraction of sp³-hybridized carbons (Fsp3) is 0.303. The summed E-state index contributed by atoms with van der Waals surface area (Å²) in [6, 6.07) is 12.6. The fourth-order valence-corrected chi connectivity index (χ4v) is 8.01. The monoisotopic (exact) mass is 664 g/mol. The van der Waals surface area contributed by atoms with Crippen LogP contribution in [0.15, 0.2) is 66.3 Å². The molecule has 1 saturated carbocycles. The standard InChI is InChI=1S/C33H30Cl2N4O5S/c34-24-15-36-16-25(35)29(24)31(41)37-21-9-5-18(6-10-21)13-26(33(43)44)38-32(42)30-19-7-11-22(12-8-19)39(30)28(40)14-20-17-45-27-4-2-1-3-23(20)27/h1-6,9-10,15-17,19,22,26,30H,7-8,11-14H2,(H,37,41)(H,38,42)(H,43,44). The van der Waals surface area contributed by atoms with Crippen LogP contribution in [-0.4, -0.2) is 56.8 Å². The van der Waals surface area contributed by atoms with E-state index in [9.17, 15) is 24.3 Å². The molecule has 2 aliphatic heterocycles. The third-order valence-electron chi connectivity index (χ3n) is 8.69. The second-order valence-electron chi connectivity index (χ2n) is 11.5. The molecular weight excluding hydrogens is 635 g/mol. The van der Waals surface area contributed by atoms with Crippen molar-refractivity contribution in [3.63, 3.8) is 0 Å². The van der Waals surface area contributed by atoms with Crippen molar-refractivity contribution in [2.24, 2.45) is 5.92 Å². The average molecular weight is 666 g/mol. The molecule has 7 rings (SSSR count). The van der Waals surface area contributed by atoms with Crippen LogP contribution in [0.1, 0.15) is 47.2 Å². The molecule has 9 nitrogen and oxygen atoms in total. The number of carboxylic acids is 1. The van der Waals surface area contributed by atoms with E-state index in [2.05, 4.69) is 15.6 Å². The summed E-state index contributed by atoms with van der Waals surface area (Å²) >= 11 is 13.8. The summed E-state index contributed by atoms with van der Waals surface area (Å²) in [5.41, 5.74) is 2.13. The first-order chi connectivity index (χ1) is 21.7. The van der Waals surface area contributed by atoms with E-state index in [0.29, 0.717) is 11.3 Å². The number of hydrogen-bond donors (Lipinski definition) is 3. The number of nitrogens with zero attached hydrogens (tertiary/aromatic N) is 2. The highest BCUT2D eigenvalue weighted by Gasteiger charge is 2.48. The zero-order valence-corrected chi connectivity index (χ0v) is 26.4. The van der Waals surface area contributed by atoms with Crippen molar-refractivity contribution in [2.45, 2.75) is 56.7 Å². The smallest absolute Gasteiger partial charge is 0.326 e. The first-order valence-electron chi connectivity index (χ1n) is 14.7. The molecule has 2 atom stereocenters. The van der Waals surface area contributed by atoms with Gasteiger partial charge in [0.2, 0.25) is 11.8 Å². The number of carbonyl (C=O) groups excluding carboxylic acids is 3. The Morgan fingerprint density at radius 2 is 1.67 bits per heavy atom. The van der Waals surface area contributed by atoms with Gasteiger partial charge in [-0.05, 0) is 71.7 Å². The molecule has 3 fully saturated rings. The SMILES string of the molecule is O=C(Nc1ccc(CC(NC(=O)C2C3CCC(CC3)N2C(=O)Cc2csc3ccccc23)C(=O)O)cc1)c1c(Cl)cncc1Cl. The molecule has 0 radical (unpaired) electrons. The van der Waals surface area contributed by atoms with E-state index in [-0.39, 0.29) is 46.3 Å². The van der Waals surface area contributed by atoms with Gasteiger partial charge in [-0.25, -0.2) is 4.79 Å². The minimum atomic E-state index is -1.20. The number of halogens is 2. The van der Waals surface area contributed by atoms with Crippen LogP contribution in [0, 0.1) is 5.92 Å². The molecule has 2 saturated heterocycles. The maximum atomic E-state index is 13.7. The quantitative estimate of drug-likeness (QED) is 0.202. The minimum absolute atomic E-state index is 0.0158. The fourth-order valence-electron chi connectivity index (χ4n) is 6.51. The number of pyridine rings is 1. The van der Waals surface area contributed by atoms with Crippen LogP contribution in [0.25, 0.3) is 10.1 Å². The zero-order chi connectivity index (χ0) is 31.7. The molecule has 4 heterocycles. The van der Waals surface area contributed by atoms with Gasteiger partial charge in [-0.1, -0.05) is 53.5 Å². The highest BCUT2D eigenvalue weighted by molar-refractivity contribution is 7.17. The third kappa shape index (κ3) is 6.54. The molecule has 45 heavy (non-hydrogen) atoms. The Bertz CT molecular complexity index is 1750. The Morgan fingerprint density at radius 3 is 2.36 bits per heavy atom. The molecule has 2 unspecified atom stereocenters. The topological polar surface area (TPSA) is 129 Å². The van der Waals surface area contributed by atoms with Gasteiger partial charge < -0.3 is 20.6 Å². The molecular formula is C33H30Cl2N4O5S. The average Bonchev–Trinajstić information content (AvgIpc) is 3.44. The number of aromatic nitrogens is 1. The molecule has 12 heteroatoms. The van der Waals surface area contributed by atoms with E-state index < -0.39 is 29.9 Å². The molecule has 4 aromatic rings. The van der Waals surface area contributed by atoms with Crippen molar-refractivity contribution in [3.8, 4) is 0 Å². The maximum absolute atomic E-state index is 13.7. The molecule has 1 aliphatic carbocycles. The van der Waals surface area contributed by atoms with Crippen molar-refractivity contribution in [1.29, 1.82) is 0 Å². The summed E-state index contributed by atoms with van der Waals surface area (Å²) in [5, 5.41) is 18.8. The Labute approximate surface area is 273 Å². The van der Waals surface area contributed by atoms with E-state index in [0.717, 1.165) is 41.3 Å². The van der Waals surface area contributed by atoms with Crippen LogP contribution in [0.3, 0.4) is 0 Å². The lowest BCUT2D eigenvalue weighted by Gasteiger charge is -2.50.